The number of aromatic nitrogens is 3. The molecule has 0 saturated carbocycles. The van der Waals surface area contributed by atoms with Gasteiger partial charge >= 0.3 is 0 Å². The van der Waals surface area contributed by atoms with Gasteiger partial charge in [-0.2, -0.15) is 0 Å². The van der Waals surface area contributed by atoms with Gasteiger partial charge in [0.1, 0.15) is 0 Å². The van der Waals surface area contributed by atoms with Crippen LogP contribution in [0.1, 0.15) is 31.2 Å². The van der Waals surface area contributed by atoms with Crippen LogP contribution in [0.4, 0.5) is 5.82 Å². The summed E-state index contributed by atoms with van der Waals surface area (Å²) in [5.41, 5.74) is 4.64. The fraction of sp³-hybridized carbons (Fsp3) is 0.571. The largest absolute Gasteiger partial charge is 0.351 e. The second-order valence-corrected chi connectivity index (χ2v) is 8.44. The molecule has 2 fully saturated rings. The van der Waals surface area contributed by atoms with E-state index in [1.54, 1.807) is 0 Å². The number of aryl methyl sites for hydroxylation is 1. The van der Waals surface area contributed by atoms with Crippen molar-refractivity contribution in [3.8, 4) is 0 Å². The highest BCUT2D eigenvalue weighted by Crippen LogP contribution is 2.31. The van der Waals surface area contributed by atoms with Crippen molar-refractivity contribution in [2.45, 2.75) is 39.2 Å². The summed E-state index contributed by atoms with van der Waals surface area (Å²) >= 11 is 0. The zero-order valence-corrected chi connectivity index (χ0v) is 16.5. The second kappa shape index (κ2) is 6.44. The molecule has 3 aliphatic heterocycles. The van der Waals surface area contributed by atoms with Gasteiger partial charge in [-0.25, -0.2) is 9.97 Å². The zero-order chi connectivity index (χ0) is 18.5. The van der Waals surface area contributed by atoms with Crippen LogP contribution < -0.4 is 4.90 Å². The molecule has 2 aromatic rings. The van der Waals surface area contributed by atoms with Crippen molar-refractivity contribution >= 4 is 17.7 Å². The summed E-state index contributed by atoms with van der Waals surface area (Å²) in [6.45, 7) is 7.78. The minimum absolute atomic E-state index is 0.431. The van der Waals surface area contributed by atoms with Crippen molar-refractivity contribution in [1.82, 2.24) is 19.3 Å². The van der Waals surface area contributed by atoms with Crippen molar-refractivity contribution in [3.05, 3.63) is 35.6 Å². The first-order chi connectivity index (χ1) is 13.1. The molecule has 1 unspecified atom stereocenters. The molecule has 27 heavy (non-hydrogen) atoms. The first kappa shape index (κ1) is 16.9. The molecule has 0 amide bonds. The number of hydrogen-bond acceptors (Lipinski definition) is 5. The Balaban J connectivity index is 1.38. The van der Waals surface area contributed by atoms with Crippen molar-refractivity contribution in [3.63, 3.8) is 0 Å². The molecule has 0 spiro atoms. The number of fused-ring (bicyclic) bond motifs is 1. The highest BCUT2D eigenvalue weighted by atomic mass is 15.3. The van der Waals surface area contributed by atoms with E-state index in [2.05, 4.69) is 58.6 Å². The van der Waals surface area contributed by atoms with Gasteiger partial charge in [-0.3, -0.25) is 9.39 Å². The molecule has 0 bridgehead atoms. The molecule has 6 nitrogen and oxygen atoms in total. The second-order valence-electron chi connectivity index (χ2n) is 8.44. The number of anilines is 1. The Morgan fingerprint density at radius 3 is 2.74 bits per heavy atom. The van der Waals surface area contributed by atoms with E-state index < -0.39 is 0 Å². The van der Waals surface area contributed by atoms with E-state index >= 15 is 0 Å². The maximum absolute atomic E-state index is 5.08. The Morgan fingerprint density at radius 2 is 2.11 bits per heavy atom. The lowest BCUT2D eigenvalue weighted by atomic mass is 9.91. The number of hydrogen-bond donors (Lipinski definition) is 0. The maximum atomic E-state index is 5.08. The van der Waals surface area contributed by atoms with E-state index in [1.807, 2.05) is 6.20 Å². The number of rotatable bonds is 4. The first-order valence-corrected chi connectivity index (χ1v) is 10.1. The van der Waals surface area contributed by atoms with Gasteiger partial charge in [0.15, 0.2) is 11.5 Å². The molecular weight excluding hydrogens is 336 g/mol. The monoisotopic (exact) mass is 364 g/mol. The molecule has 5 heterocycles. The lowest BCUT2D eigenvalue weighted by Crippen LogP contribution is -2.46. The van der Waals surface area contributed by atoms with Crippen LogP contribution in [0.2, 0.25) is 0 Å². The third kappa shape index (κ3) is 2.87. The van der Waals surface area contributed by atoms with E-state index in [9.17, 15) is 0 Å². The Kier molecular flexibility index (Phi) is 4.04. The predicted molar refractivity (Wildman–Crippen MR) is 109 cm³/mol. The van der Waals surface area contributed by atoms with Crippen LogP contribution in [0.5, 0.6) is 0 Å². The number of allylic oxidation sites excluding steroid dienone is 1. The van der Waals surface area contributed by atoms with Crippen LogP contribution in [0.3, 0.4) is 0 Å². The molecule has 0 N–H and O–H groups in total. The van der Waals surface area contributed by atoms with Gasteiger partial charge in [0.2, 0.25) is 0 Å². The number of imidazole rings is 1. The molecular formula is C21H28N6. The third-order valence-electron chi connectivity index (χ3n) is 6.45. The van der Waals surface area contributed by atoms with Gasteiger partial charge in [0.05, 0.1) is 5.69 Å². The van der Waals surface area contributed by atoms with Crippen LogP contribution in [0.15, 0.2) is 29.2 Å². The van der Waals surface area contributed by atoms with E-state index in [0.29, 0.717) is 17.9 Å². The molecule has 0 aromatic carbocycles. The fourth-order valence-corrected chi connectivity index (χ4v) is 4.47. The van der Waals surface area contributed by atoms with Gasteiger partial charge in [-0.1, -0.05) is 6.08 Å². The minimum Gasteiger partial charge on any atom is -0.351 e. The Bertz CT molecular complexity index is 920. The smallest absolute Gasteiger partial charge is 0.180 e. The molecule has 5 rings (SSSR count). The molecule has 142 valence electrons. The van der Waals surface area contributed by atoms with Crippen LogP contribution in [-0.2, 0) is 6.42 Å². The summed E-state index contributed by atoms with van der Waals surface area (Å²) in [6, 6.07) is 0.552. The summed E-state index contributed by atoms with van der Waals surface area (Å²) in [7, 11) is 2.17. The standard InChI is InChI=1S/C21H28N6/c1-14-6-8-26(14)21-20-22-7-9-27(20)15(2)19(24-21)10-16-4-5-18(23-11-16)17-12-25(3)13-17/h5,7,9,11,14,16-17H,4,6,8,10,12-13H2,1-3H3/t14-,16?/m0/s1. The summed E-state index contributed by atoms with van der Waals surface area (Å²) in [6.07, 6.45) is 11.7. The summed E-state index contributed by atoms with van der Waals surface area (Å²) in [5.74, 6) is 2.11. The van der Waals surface area contributed by atoms with Gasteiger partial charge in [0.25, 0.3) is 0 Å². The zero-order valence-electron chi connectivity index (χ0n) is 16.5. The Morgan fingerprint density at radius 1 is 1.26 bits per heavy atom. The van der Waals surface area contributed by atoms with Crippen LogP contribution >= 0.6 is 0 Å². The van der Waals surface area contributed by atoms with Crippen LogP contribution in [0, 0.1) is 18.8 Å². The average molecular weight is 364 g/mol. The maximum Gasteiger partial charge on any atom is 0.180 e. The van der Waals surface area contributed by atoms with E-state index in [4.69, 9.17) is 9.98 Å². The molecule has 2 aromatic heterocycles. The van der Waals surface area contributed by atoms with E-state index in [0.717, 1.165) is 43.9 Å². The highest BCUT2D eigenvalue weighted by molar-refractivity contribution is 5.68. The van der Waals surface area contributed by atoms with Crippen molar-refractivity contribution in [2.24, 2.45) is 16.8 Å². The highest BCUT2D eigenvalue weighted by Gasteiger charge is 2.30. The number of likely N-dealkylation sites (tertiary alicyclic amines) is 1. The summed E-state index contributed by atoms with van der Waals surface area (Å²) in [5, 5.41) is 0. The SMILES string of the molecule is Cc1c(CC2C=NC(C3CN(C)C3)=CC2)nc(N2CC[C@@H]2C)c2nccn12. The topological polar surface area (TPSA) is 49.0 Å². The van der Waals surface area contributed by atoms with Gasteiger partial charge in [-0.15, -0.1) is 0 Å². The number of nitrogens with zero attached hydrogens (tertiary/aromatic N) is 6. The van der Waals surface area contributed by atoms with Gasteiger partial charge in [0, 0.05) is 67.5 Å². The molecule has 6 heteroatoms. The molecule has 0 aliphatic carbocycles. The minimum atomic E-state index is 0.431. The normalized spacial score (nSPS) is 26.2. The molecule has 3 aliphatic rings. The van der Waals surface area contributed by atoms with Crippen molar-refractivity contribution < 1.29 is 0 Å². The third-order valence-corrected chi connectivity index (χ3v) is 6.45. The van der Waals surface area contributed by atoms with Gasteiger partial charge < -0.3 is 9.80 Å². The average Bonchev–Trinajstić information content (AvgIpc) is 3.13. The lowest BCUT2D eigenvalue weighted by Gasteiger charge is -2.40. The van der Waals surface area contributed by atoms with Crippen molar-refractivity contribution in [1.29, 1.82) is 0 Å². The fourth-order valence-electron chi connectivity index (χ4n) is 4.47. The van der Waals surface area contributed by atoms with Gasteiger partial charge in [-0.05, 0) is 40.2 Å². The van der Waals surface area contributed by atoms with Crippen LogP contribution in [0.25, 0.3) is 5.65 Å². The Hall–Kier alpha value is -2.21. The Labute approximate surface area is 160 Å². The first-order valence-electron chi connectivity index (χ1n) is 10.1. The quantitative estimate of drug-likeness (QED) is 0.837. The predicted octanol–water partition coefficient (Wildman–Crippen LogP) is 2.72. The summed E-state index contributed by atoms with van der Waals surface area (Å²) in [4.78, 5) is 19.2. The van der Waals surface area contributed by atoms with E-state index in [-0.39, 0.29) is 0 Å². The molecule has 2 atom stereocenters. The molecule has 0 radical (unpaired) electrons. The number of aliphatic imine (C=N–C) groups is 1. The molecule has 2 saturated heterocycles. The van der Waals surface area contributed by atoms with Crippen molar-refractivity contribution in [2.75, 3.05) is 31.6 Å². The van der Waals surface area contributed by atoms with E-state index in [1.165, 1.54) is 23.5 Å². The van der Waals surface area contributed by atoms with Crippen LogP contribution in [-0.4, -0.2) is 58.2 Å². The lowest BCUT2D eigenvalue weighted by molar-refractivity contribution is 0.160. The summed E-state index contributed by atoms with van der Waals surface area (Å²) < 4.78 is 2.20.